The maximum Gasteiger partial charge on any atom is 0.259 e. The largest absolute Gasteiger partial charge is 0.481 e. The molecule has 2 rings (SSSR count). The number of amides is 1. The van der Waals surface area contributed by atoms with Gasteiger partial charge in [-0.1, -0.05) is 27.5 Å². The van der Waals surface area contributed by atoms with E-state index in [0.29, 0.717) is 10.6 Å². The molecule has 1 aromatic heterocycles. The second kappa shape index (κ2) is 6.73. The van der Waals surface area contributed by atoms with Gasteiger partial charge in [0.2, 0.25) is 17.7 Å². The van der Waals surface area contributed by atoms with Crippen LogP contribution < -0.4 is 14.8 Å². The number of carbonyl (C=O) groups is 1. The molecule has 0 fully saturated rings. The highest BCUT2D eigenvalue weighted by atomic mass is 79.9. The summed E-state index contributed by atoms with van der Waals surface area (Å²) < 4.78 is 10.8. The van der Waals surface area contributed by atoms with Crippen LogP contribution in [0, 0.1) is 0 Å². The number of nitrogens with one attached hydrogen (secondary N) is 1. The summed E-state index contributed by atoms with van der Waals surface area (Å²) in [6.07, 6.45) is 0. The van der Waals surface area contributed by atoms with Gasteiger partial charge in [-0.05, 0) is 18.2 Å². The number of anilines is 1. The van der Waals surface area contributed by atoms with E-state index in [0.717, 1.165) is 4.47 Å². The van der Waals surface area contributed by atoms with Crippen LogP contribution in [0.2, 0.25) is 5.02 Å². The fourth-order valence-electron chi connectivity index (χ4n) is 1.51. The molecule has 0 aliphatic carbocycles. The van der Waals surface area contributed by atoms with E-state index >= 15 is 0 Å². The van der Waals surface area contributed by atoms with Crippen molar-refractivity contribution in [3.8, 4) is 11.8 Å². The van der Waals surface area contributed by atoms with Gasteiger partial charge in [0.05, 0.1) is 30.9 Å². The lowest BCUT2D eigenvalue weighted by Gasteiger charge is -2.08. The molecule has 0 saturated heterocycles. The van der Waals surface area contributed by atoms with Crippen molar-refractivity contribution in [3.05, 3.63) is 39.3 Å². The van der Waals surface area contributed by atoms with Gasteiger partial charge in [-0.3, -0.25) is 10.1 Å². The summed E-state index contributed by atoms with van der Waals surface area (Å²) in [5.74, 6) is 0.179. The van der Waals surface area contributed by atoms with Crippen molar-refractivity contribution in [1.29, 1.82) is 0 Å². The molecule has 110 valence electrons. The number of carbonyl (C=O) groups excluding carboxylic acids is 1. The molecule has 1 amide bonds. The van der Waals surface area contributed by atoms with Crippen molar-refractivity contribution in [3.63, 3.8) is 0 Å². The molecular formula is C13H11BrClN3O3. The highest BCUT2D eigenvalue weighted by Gasteiger charge is 2.14. The van der Waals surface area contributed by atoms with Gasteiger partial charge >= 0.3 is 0 Å². The van der Waals surface area contributed by atoms with E-state index in [4.69, 9.17) is 21.1 Å². The summed E-state index contributed by atoms with van der Waals surface area (Å²) in [4.78, 5) is 20.2. The highest BCUT2D eigenvalue weighted by Crippen LogP contribution is 2.23. The van der Waals surface area contributed by atoms with Crippen LogP contribution in [0.15, 0.2) is 28.7 Å². The molecule has 0 spiro atoms. The molecule has 1 heterocycles. The van der Waals surface area contributed by atoms with Gasteiger partial charge in [0.25, 0.3) is 5.91 Å². The van der Waals surface area contributed by atoms with Gasteiger partial charge in [0.15, 0.2) is 0 Å². The van der Waals surface area contributed by atoms with Crippen molar-refractivity contribution in [2.24, 2.45) is 0 Å². The number of halogens is 2. The fourth-order valence-corrected chi connectivity index (χ4v) is 2.07. The van der Waals surface area contributed by atoms with E-state index in [2.05, 4.69) is 31.2 Å². The van der Waals surface area contributed by atoms with Gasteiger partial charge in [0.1, 0.15) is 0 Å². The van der Waals surface area contributed by atoms with Crippen molar-refractivity contribution >= 4 is 39.4 Å². The highest BCUT2D eigenvalue weighted by molar-refractivity contribution is 9.10. The lowest BCUT2D eigenvalue weighted by atomic mass is 10.2. The molecular weight excluding hydrogens is 362 g/mol. The van der Waals surface area contributed by atoms with E-state index in [1.54, 1.807) is 18.2 Å². The zero-order valence-electron chi connectivity index (χ0n) is 11.2. The first-order valence-corrected chi connectivity index (χ1v) is 6.94. The molecule has 8 heteroatoms. The van der Waals surface area contributed by atoms with E-state index in [1.165, 1.54) is 20.3 Å². The van der Waals surface area contributed by atoms with Gasteiger partial charge in [-0.2, -0.15) is 9.97 Å². The standard InChI is InChI=1S/C13H11BrClN3O3/c1-20-10-6-11(21-2)17-13(16-10)18-12(19)8-5-7(14)3-4-9(8)15/h3-6H,1-2H3,(H,16,17,18,19). The predicted molar refractivity (Wildman–Crippen MR) is 82.2 cm³/mol. The summed E-state index contributed by atoms with van der Waals surface area (Å²) in [7, 11) is 2.91. The average Bonchev–Trinajstić information content (AvgIpc) is 2.49. The topological polar surface area (TPSA) is 73.3 Å². The van der Waals surface area contributed by atoms with Crippen molar-refractivity contribution in [1.82, 2.24) is 9.97 Å². The van der Waals surface area contributed by atoms with Crippen LogP contribution in [0.5, 0.6) is 11.8 Å². The molecule has 0 atom stereocenters. The van der Waals surface area contributed by atoms with Gasteiger partial charge in [0, 0.05) is 4.47 Å². The van der Waals surface area contributed by atoms with Crippen LogP contribution in [0.3, 0.4) is 0 Å². The average molecular weight is 373 g/mol. The van der Waals surface area contributed by atoms with Crippen LogP contribution in [0.1, 0.15) is 10.4 Å². The van der Waals surface area contributed by atoms with Crippen LogP contribution in [0.4, 0.5) is 5.95 Å². The van der Waals surface area contributed by atoms with Crippen LogP contribution >= 0.6 is 27.5 Å². The first-order valence-electron chi connectivity index (χ1n) is 5.77. The van der Waals surface area contributed by atoms with Gasteiger partial charge < -0.3 is 9.47 Å². The van der Waals surface area contributed by atoms with Crippen molar-refractivity contribution < 1.29 is 14.3 Å². The molecule has 2 aromatic rings. The fraction of sp³-hybridized carbons (Fsp3) is 0.154. The summed E-state index contributed by atoms with van der Waals surface area (Å²) >= 11 is 9.29. The number of hydrogen-bond donors (Lipinski definition) is 1. The first kappa shape index (κ1) is 15.5. The number of nitrogens with zero attached hydrogens (tertiary/aromatic N) is 2. The Hall–Kier alpha value is -1.86. The Kier molecular flexibility index (Phi) is 4.98. The maximum absolute atomic E-state index is 12.2. The molecule has 6 nitrogen and oxygen atoms in total. The second-order valence-electron chi connectivity index (χ2n) is 3.85. The molecule has 0 radical (unpaired) electrons. The third kappa shape index (κ3) is 3.83. The smallest absolute Gasteiger partial charge is 0.259 e. The zero-order chi connectivity index (χ0) is 15.4. The Balaban J connectivity index is 2.28. The normalized spacial score (nSPS) is 10.1. The van der Waals surface area contributed by atoms with E-state index in [1.807, 2.05) is 0 Å². The second-order valence-corrected chi connectivity index (χ2v) is 5.18. The first-order chi connectivity index (χ1) is 10.0. The molecule has 0 bridgehead atoms. The quantitative estimate of drug-likeness (QED) is 0.892. The van der Waals surface area contributed by atoms with Crippen LogP contribution in [0.25, 0.3) is 0 Å². The molecule has 0 aliphatic rings. The lowest BCUT2D eigenvalue weighted by Crippen LogP contribution is -2.15. The number of ether oxygens (including phenoxy) is 2. The van der Waals surface area contributed by atoms with Gasteiger partial charge in [-0.25, -0.2) is 0 Å². The third-order valence-corrected chi connectivity index (χ3v) is 3.32. The number of aromatic nitrogens is 2. The van der Waals surface area contributed by atoms with Gasteiger partial charge in [-0.15, -0.1) is 0 Å². The summed E-state index contributed by atoms with van der Waals surface area (Å²) in [5, 5.41) is 2.87. The number of rotatable bonds is 4. The SMILES string of the molecule is COc1cc(OC)nc(NC(=O)c2cc(Br)ccc2Cl)n1. The van der Waals surface area contributed by atoms with E-state index < -0.39 is 5.91 Å². The minimum atomic E-state index is -0.434. The predicted octanol–water partition coefficient (Wildman–Crippen LogP) is 3.16. The maximum atomic E-state index is 12.2. The molecule has 0 aliphatic heterocycles. The number of methoxy groups -OCH3 is 2. The monoisotopic (exact) mass is 371 g/mol. The number of hydrogen-bond acceptors (Lipinski definition) is 5. The lowest BCUT2D eigenvalue weighted by molar-refractivity contribution is 0.102. The molecule has 1 N–H and O–H groups in total. The van der Waals surface area contributed by atoms with E-state index in [-0.39, 0.29) is 17.7 Å². The third-order valence-electron chi connectivity index (χ3n) is 2.50. The minimum Gasteiger partial charge on any atom is -0.481 e. The minimum absolute atomic E-state index is 0.0623. The molecule has 21 heavy (non-hydrogen) atoms. The Morgan fingerprint density at radius 2 is 1.81 bits per heavy atom. The Morgan fingerprint density at radius 1 is 1.19 bits per heavy atom. The molecule has 0 unspecified atom stereocenters. The zero-order valence-corrected chi connectivity index (χ0v) is 13.5. The molecule has 1 aromatic carbocycles. The van der Waals surface area contributed by atoms with E-state index in [9.17, 15) is 4.79 Å². The van der Waals surface area contributed by atoms with Crippen molar-refractivity contribution in [2.45, 2.75) is 0 Å². The summed E-state index contributed by atoms with van der Waals surface area (Å²) in [6.45, 7) is 0. The van der Waals surface area contributed by atoms with Crippen LogP contribution in [-0.2, 0) is 0 Å². The summed E-state index contributed by atoms with van der Waals surface area (Å²) in [6, 6.07) is 6.47. The summed E-state index contributed by atoms with van der Waals surface area (Å²) in [5.41, 5.74) is 0.302. The van der Waals surface area contributed by atoms with Crippen LogP contribution in [-0.4, -0.2) is 30.1 Å². The molecule has 0 saturated carbocycles. The van der Waals surface area contributed by atoms with Crippen molar-refractivity contribution in [2.75, 3.05) is 19.5 Å². The Bertz CT molecular complexity index is 659. The Morgan fingerprint density at radius 3 is 2.38 bits per heavy atom. The Labute approximate surface area is 134 Å². The number of benzene rings is 1.